The van der Waals surface area contributed by atoms with E-state index in [9.17, 15) is 4.79 Å². The third-order valence-electron chi connectivity index (χ3n) is 3.17. The first-order chi connectivity index (χ1) is 10.3. The Kier molecular flexibility index (Phi) is 3.92. The molecule has 4 nitrogen and oxygen atoms in total. The Morgan fingerprint density at radius 3 is 2.81 bits per heavy atom. The lowest BCUT2D eigenvalue weighted by Crippen LogP contribution is -2.28. The van der Waals surface area contributed by atoms with E-state index in [2.05, 4.69) is 6.58 Å². The Morgan fingerprint density at radius 2 is 2.10 bits per heavy atom. The number of carbonyl (C=O) groups excluding carboxylic acids is 1. The summed E-state index contributed by atoms with van der Waals surface area (Å²) >= 11 is 1.62. The van der Waals surface area contributed by atoms with Crippen molar-refractivity contribution in [2.24, 2.45) is 0 Å². The lowest BCUT2D eigenvalue weighted by molar-refractivity contribution is -0.114. The fourth-order valence-corrected chi connectivity index (χ4v) is 2.86. The number of amides is 1. The molecule has 0 unspecified atom stereocenters. The molecule has 1 aromatic heterocycles. The van der Waals surface area contributed by atoms with Crippen LogP contribution in [-0.4, -0.2) is 19.1 Å². The minimum absolute atomic E-state index is 0.139. The fourth-order valence-electron chi connectivity index (χ4n) is 2.16. The lowest BCUT2D eigenvalue weighted by Gasteiger charge is -2.24. The van der Waals surface area contributed by atoms with Crippen LogP contribution in [0.25, 0.3) is 0 Å². The largest absolute Gasteiger partial charge is 0.486 e. The quantitative estimate of drug-likeness (QED) is 0.814. The molecule has 0 fully saturated rings. The zero-order valence-corrected chi connectivity index (χ0v) is 12.3. The average molecular weight is 301 g/mol. The van der Waals surface area contributed by atoms with Crippen LogP contribution in [0.4, 0.5) is 5.69 Å². The second-order valence-corrected chi connectivity index (χ2v) is 5.57. The molecule has 108 valence electrons. The zero-order chi connectivity index (χ0) is 14.7. The number of hydrogen-bond donors (Lipinski definition) is 0. The molecule has 2 aromatic rings. The minimum Gasteiger partial charge on any atom is -0.486 e. The molecule has 1 amide bonds. The highest BCUT2D eigenvalue weighted by Gasteiger charge is 2.18. The molecule has 0 bridgehead atoms. The van der Waals surface area contributed by atoms with Crippen molar-refractivity contribution in [3.8, 4) is 11.5 Å². The Balaban J connectivity index is 1.92. The number of rotatable bonds is 4. The van der Waals surface area contributed by atoms with E-state index in [1.807, 2.05) is 35.7 Å². The van der Waals surface area contributed by atoms with Crippen molar-refractivity contribution in [2.45, 2.75) is 6.54 Å². The molecule has 5 heteroatoms. The second kappa shape index (κ2) is 6.01. The Bertz CT molecular complexity index is 652. The molecule has 1 aromatic carbocycles. The van der Waals surface area contributed by atoms with E-state index in [1.54, 1.807) is 16.2 Å². The molecule has 3 rings (SSSR count). The topological polar surface area (TPSA) is 38.8 Å². The van der Waals surface area contributed by atoms with Crippen LogP contribution < -0.4 is 14.4 Å². The first-order valence-electron chi connectivity index (χ1n) is 6.64. The maximum Gasteiger partial charge on any atom is 0.250 e. The minimum atomic E-state index is -0.139. The number of carbonyl (C=O) groups is 1. The highest BCUT2D eigenvalue weighted by Crippen LogP contribution is 2.34. The number of ether oxygens (including phenoxy) is 2. The van der Waals surface area contributed by atoms with Gasteiger partial charge in [-0.05, 0) is 29.7 Å². The first-order valence-corrected chi connectivity index (χ1v) is 7.52. The molecule has 2 heterocycles. The number of thiophene rings is 1. The van der Waals surface area contributed by atoms with E-state index in [0.717, 1.165) is 10.6 Å². The summed E-state index contributed by atoms with van der Waals surface area (Å²) in [5.74, 6) is 1.25. The smallest absolute Gasteiger partial charge is 0.250 e. The SMILES string of the molecule is C=CC(=O)N(Cc1cccs1)c1ccc2c(c1)OCCO2. The molecule has 0 spiro atoms. The number of nitrogens with zero attached hydrogens (tertiary/aromatic N) is 1. The van der Waals surface area contributed by atoms with Gasteiger partial charge in [-0.1, -0.05) is 12.6 Å². The van der Waals surface area contributed by atoms with Crippen LogP contribution in [0.2, 0.25) is 0 Å². The maximum absolute atomic E-state index is 12.1. The van der Waals surface area contributed by atoms with Gasteiger partial charge >= 0.3 is 0 Å². The molecule has 0 saturated heterocycles. The van der Waals surface area contributed by atoms with Crippen molar-refractivity contribution in [3.05, 3.63) is 53.2 Å². The Morgan fingerprint density at radius 1 is 1.29 bits per heavy atom. The van der Waals surface area contributed by atoms with Crippen molar-refractivity contribution < 1.29 is 14.3 Å². The van der Waals surface area contributed by atoms with Gasteiger partial charge in [0.15, 0.2) is 11.5 Å². The van der Waals surface area contributed by atoms with Gasteiger partial charge in [0.2, 0.25) is 0 Å². The fraction of sp³-hybridized carbons (Fsp3) is 0.188. The van der Waals surface area contributed by atoms with Crippen molar-refractivity contribution in [1.82, 2.24) is 0 Å². The molecule has 0 radical (unpaired) electrons. The summed E-state index contributed by atoms with van der Waals surface area (Å²) in [5.41, 5.74) is 0.776. The summed E-state index contributed by atoms with van der Waals surface area (Å²) in [7, 11) is 0. The van der Waals surface area contributed by atoms with Crippen LogP contribution in [0.5, 0.6) is 11.5 Å². The van der Waals surface area contributed by atoms with E-state index in [0.29, 0.717) is 31.3 Å². The number of anilines is 1. The average Bonchev–Trinajstić information content (AvgIpc) is 3.04. The second-order valence-electron chi connectivity index (χ2n) is 4.54. The summed E-state index contributed by atoms with van der Waals surface area (Å²) < 4.78 is 11.1. The summed E-state index contributed by atoms with van der Waals surface area (Å²) in [5, 5.41) is 2.00. The molecular formula is C16H15NO3S. The first kappa shape index (κ1) is 13.7. The molecule has 1 aliphatic heterocycles. The van der Waals surface area contributed by atoms with Crippen LogP contribution in [0.15, 0.2) is 48.4 Å². The molecule has 0 saturated carbocycles. The third-order valence-corrected chi connectivity index (χ3v) is 4.03. The molecule has 1 aliphatic rings. The molecule has 0 N–H and O–H groups in total. The summed E-state index contributed by atoms with van der Waals surface area (Å²) in [6.45, 7) is 5.17. The summed E-state index contributed by atoms with van der Waals surface area (Å²) in [6, 6.07) is 9.51. The van der Waals surface area contributed by atoms with Crippen LogP contribution >= 0.6 is 11.3 Å². The van der Waals surface area contributed by atoms with Gasteiger partial charge in [0.1, 0.15) is 13.2 Å². The monoisotopic (exact) mass is 301 g/mol. The van der Waals surface area contributed by atoms with E-state index >= 15 is 0 Å². The van der Waals surface area contributed by atoms with Crippen molar-refractivity contribution in [3.63, 3.8) is 0 Å². The van der Waals surface area contributed by atoms with Crippen LogP contribution in [0.3, 0.4) is 0 Å². The number of benzene rings is 1. The van der Waals surface area contributed by atoms with Crippen molar-refractivity contribution in [1.29, 1.82) is 0 Å². The van der Waals surface area contributed by atoms with E-state index in [1.165, 1.54) is 6.08 Å². The molecule has 21 heavy (non-hydrogen) atoms. The van der Waals surface area contributed by atoms with Crippen LogP contribution in [-0.2, 0) is 11.3 Å². The van der Waals surface area contributed by atoms with Gasteiger partial charge < -0.3 is 14.4 Å². The van der Waals surface area contributed by atoms with Crippen LogP contribution in [0.1, 0.15) is 4.88 Å². The van der Waals surface area contributed by atoms with Crippen molar-refractivity contribution >= 4 is 22.9 Å². The standard InChI is InChI=1S/C16H15NO3S/c1-2-16(18)17(11-13-4-3-9-21-13)12-5-6-14-15(10-12)20-8-7-19-14/h2-6,9-10H,1,7-8,11H2. The molecule has 0 atom stereocenters. The lowest BCUT2D eigenvalue weighted by atomic mass is 10.2. The van der Waals surface area contributed by atoms with E-state index in [-0.39, 0.29) is 5.91 Å². The number of fused-ring (bicyclic) bond motifs is 1. The summed E-state index contributed by atoms with van der Waals surface area (Å²) in [6.07, 6.45) is 1.32. The Labute approximate surface area is 127 Å². The predicted molar refractivity (Wildman–Crippen MR) is 83.1 cm³/mol. The van der Waals surface area contributed by atoms with Gasteiger partial charge in [0.05, 0.1) is 6.54 Å². The van der Waals surface area contributed by atoms with E-state index < -0.39 is 0 Å². The van der Waals surface area contributed by atoms with Crippen molar-refractivity contribution in [2.75, 3.05) is 18.1 Å². The van der Waals surface area contributed by atoms with Crippen LogP contribution in [0, 0.1) is 0 Å². The maximum atomic E-state index is 12.1. The zero-order valence-electron chi connectivity index (χ0n) is 11.5. The van der Waals surface area contributed by atoms with Gasteiger partial charge in [-0.3, -0.25) is 4.79 Å². The summed E-state index contributed by atoms with van der Waals surface area (Å²) in [4.78, 5) is 14.9. The predicted octanol–water partition coefficient (Wildman–Crippen LogP) is 3.24. The van der Waals surface area contributed by atoms with Gasteiger partial charge in [-0.25, -0.2) is 0 Å². The highest BCUT2D eigenvalue weighted by atomic mass is 32.1. The third kappa shape index (κ3) is 2.92. The Hall–Kier alpha value is -2.27. The molecular weight excluding hydrogens is 286 g/mol. The molecule has 0 aliphatic carbocycles. The van der Waals surface area contributed by atoms with Gasteiger partial charge in [-0.15, -0.1) is 11.3 Å². The number of hydrogen-bond acceptors (Lipinski definition) is 4. The normalized spacial score (nSPS) is 12.8. The van der Waals surface area contributed by atoms with Gasteiger partial charge in [0.25, 0.3) is 5.91 Å². The van der Waals surface area contributed by atoms with Gasteiger partial charge in [-0.2, -0.15) is 0 Å². The van der Waals surface area contributed by atoms with E-state index in [4.69, 9.17) is 9.47 Å². The highest BCUT2D eigenvalue weighted by molar-refractivity contribution is 7.09. The van der Waals surface area contributed by atoms with Gasteiger partial charge in [0, 0.05) is 16.6 Å².